The zero-order chi connectivity index (χ0) is 18.2. The Morgan fingerprint density at radius 1 is 1.44 bits per heavy atom. The summed E-state index contributed by atoms with van der Waals surface area (Å²) in [6, 6.07) is 0.983. The van der Waals surface area contributed by atoms with Gasteiger partial charge in [0.05, 0.1) is 0 Å². The number of carbonyl (C=O) groups excluding carboxylic acids is 1. The van der Waals surface area contributed by atoms with Crippen molar-refractivity contribution >= 4 is 36.7 Å². The average Bonchev–Trinajstić information content (AvgIpc) is 3.13. The second-order valence-electron chi connectivity index (χ2n) is 5.28. The second kappa shape index (κ2) is 6.82. The molecule has 0 unspecified atom stereocenters. The van der Waals surface area contributed by atoms with Crippen LogP contribution in [0, 0.1) is 0 Å². The Kier molecular flexibility index (Phi) is 4.90. The summed E-state index contributed by atoms with van der Waals surface area (Å²) in [5, 5.41) is 6.65. The minimum atomic E-state index is -4.50. The van der Waals surface area contributed by atoms with E-state index in [9.17, 15) is 18.0 Å². The molecule has 2 aromatic heterocycles. The van der Waals surface area contributed by atoms with Crippen LogP contribution in [0.2, 0.25) is 0 Å². The number of hydrogen-bond acceptors (Lipinski definition) is 3. The number of hydrogen-bond donors (Lipinski definition) is 1. The van der Waals surface area contributed by atoms with Gasteiger partial charge in [0.1, 0.15) is 0 Å². The van der Waals surface area contributed by atoms with Gasteiger partial charge in [-0.05, 0) is 0 Å². The number of carbonyl (C=O) groups is 1. The van der Waals surface area contributed by atoms with Crippen LogP contribution >= 0.6 is 11.6 Å². The normalized spacial score (nSPS) is 14.9. The number of halogens is 4. The molecule has 0 saturated carbocycles. The molecule has 25 heavy (non-hydrogen) atoms. The molecule has 1 aliphatic rings. The summed E-state index contributed by atoms with van der Waals surface area (Å²) in [7, 11) is 1.44. The van der Waals surface area contributed by atoms with Crippen molar-refractivity contribution in [1.82, 2.24) is 14.8 Å². The van der Waals surface area contributed by atoms with Crippen molar-refractivity contribution in [2.45, 2.75) is 19.0 Å². The van der Waals surface area contributed by atoms with E-state index in [-0.39, 0.29) is 5.91 Å². The van der Waals surface area contributed by atoms with Crippen LogP contribution in [0.15, 0.2) is 35.0 Å². The number of allylic oxidation sites excluding steroid dienone is 2. The number of aromatic nitrogens is 3. The summed E-state index contributed by atoms with van der Waals surface area (Å²) in [4.78, 5) is 16.3. The van der Waals surface area contributed by atoms with Gasteiger partial charge in [0.15, 0.2) is 0 Å². The molecule has 3 rings (SSSR count). The maximum absolute atomic E-state index is 12.8. The van der Waals surface area contributed by atoms with Crippen LogP contribution in [0.4, 0.5) is 17.9 Å². The van der Waals surface area contributed by atoms with Crippen molar-refractivity contribution in [1.29, 1.82) is 0 Å². The Balaban J connectivity index is 1.81. The first kappa shape index (κ1) is 18.0. The molecule has 0 saturated heterocycles. The van der Waals surface area contributed by atoms with Gasteiger partial charge in [0, 0.05) is 0 Å². The summed E-state index contributed by atoms with van der Waals surface area (Å²) in [5.41, 5.74) is -0.238. The third-order valence-electron chi connectivity index (χ3n) is 3.50. The molecule has 0 spiro atoms. The number of nitrogens with one attached hydrogen (secondary N) is 1. The van der Waals surface area contributed by atoms with E-state index in [0.717, 1.165) is 12.5 Å². The number of amides is 1. The van der Waals surface area contributed by atoms with Gasteiger partial charge in [-0.3, -0.25) is 0 Å². The molecular weight excluding hydrogens is 424 g/mol. The minimum absolute atomic E-state index is 0.329. The van der Waals surface area contributed by atoms with Crippen LogP contribution in [0.1, 0.15) is 18.5 Å². The third kappa shape index (κ3) is 3.89. The first-order valence-corrected chi connectivity index (χ1v) is 9.29. The van der Waals surface area contributed by atoms with Crippen molar-refractivity contribution in [3.05, 3.63) is 40.7 Å². The van der Waals surface area contributed by atoms with Crippen molar-refractivity contribution in [2.75, 3.05) is 5.32 Å². The van der Waals surface area contributed by atoms with Crippen molar-refractivity contribution in [3.63, 3.8) is 0 Å². The molecule has 1 aliphatic carbocycles. The van der Waals surface area contributed by atoms with Gasteiger partial charge in [-0.2, -0.15) is 0 Å². The zero-order valence-corrected chi connectivity index (χ0v) is 15.4. The van der Waals surface area contributed by atoms with E-state index >= 15 is 0 Å². The molecule has 0 aliphatic heterocycles. The molecule has 0 aromatic carbocycles. The summed E-state index contributed by atoms with van der Waals surface area (Å²) >= 11 is 5.62. The number of aryl methyl sites for hydroxylation is 1. The van der Waals surface area contributed by atoms with Gasteiger partial charge in [-0.15, -0.1) is 0 Å². The molecule has 1 amide bonds. The van der Waals surface area contributed by atoms with E-state index in [2.05, 4.69) is 15.4 Å². The Labute approximate surface area is 151 Å². The van der Waals surface area contributed by atoms with E-state index in [1.807, 2.05) is 6.08 Å². The first-order valence-electron chi connectivity index (χ1n) is 7.19. The van der Waals surface area contributed by atoms with Crippen LogP contribution < -0.4 is 5.32 Å². The molecule has 0 atom stereocenters. The Morgan fingerprint density at radius 2 is 2.20 bits per heavy atom. The van der Waals surface area contributed by atoms with E-state index in [1.165, 1.54) is 17.9 Å². The summed E-state index contributed by atoms with van der Waals surface area (Å²) in [6.45, 7) is 0. The molecule has 0 fully saturated rings. The maximum atomic E-state index is 12.8. The molecule has 1 N–H and O–H groups in total. The van der Waals surface area contributed by atoms with E-state index < -0.39 is 26.4 Å². The average molecular weight is 436 g/mol. The first-order chi connectivity index (χ1) is 11.8. The number of rotatable bonds is 3. The van der Waals surface area contributed by atoms with E-state index in [0.29, 0.717) is 31.8 Å². The molecule has 0 radical (unpaired) electrons. The van der Waals surface area contributed by atoms with Crippen molar-refractivity contribution in [2.24, 2.45) is 7.05 Å². The standard InChI is InChI=1S/C15H12ClF3N4OSe/c1-23-10(6-12(22-23)15(17,18)19)11-7-20-14(25-11)21-13(24)8-4-2-3-5-9(8)16/h2,4,6-7H,3,5H2,1H3,(H,20,21,24). The summed E-state index contributed by atoms with van der Waals surface area (Å²) in [6.07, 6.45) is 1.87. The van der Waals surface area contributed by atoms with Gasteiger partial charge in [-0.1, -0.05) is 0 Å². The van der Waals surface area contributed by atoms with E-state index in [1.54, 1.807) is 6.08 Å². The monoisotopic (exact) mass is 436 g/mol. The predicted octanol–water partition coefficient (Wildman–Crippen LogP) is 3.34. The molecule has 5 nitrogen and oxygen atoms in total. The fourth-order valence-corrected chi connectivity index (χ4v) is 4.35. The predicted molar refractivity (Wildman–Crippen MR) is 88.3 cm³/mol. The van der Waals surface area contributed by atoms with Gasteiger partial charge in [-0.25, -0.2) is 0 Å². The summed E-state index contributed by atoms with van der Waals surface area (Å²) in [5.74, 6) is -0.364. The zero-order valence-electron chi connectivity index (χ0n) is 12.9. The topological polar surface area (TPSA) is 59.8 Å². The van der Waals surface area contributed by atoms with Crippen LogP contribution in [-0.2, 0) is 18.0 Å². The van der Waals surface area contributed by atoms with Crippen molar-refractivity contribution < 1.29 is 18.0 Å². The fourth-order valence-electron chi connectivity index (χ4n) is 2.29. The molecule has 2 aromatic rings. The van der Waals surface area contributed by atoms with Crippen LogP contribution in [-0.4, -0.2) is 35.2 Å². The van der Waals surface area contributed by atoms with E-state index in [4.69, 9.17) is 11.6 Å². The fraction of sp³-hybridized carbons (Fsp3) is 0.267. The number of anilines is 1. The summed E-state index contributed by atoms with van der Waals surface area (Å²) < 4.78 is 40.5. The molecule has 132 valence electrons. The SMILES string of the molecule is Cn1nc(C(F)(F)F)cc1-c1cnc(NC(=O)C2=C(Cl)CCC=C2)[se]1. The Morgan fingerprint density at radius 3 is 2.84 bits per heavy atom. The number of alkyl halides is 3. The molecular formula is C15H12ClF3N4OSe. The van der Waals surface area contributed by atoms with Crippen molar-refractivity contribution in [3.8, 4) is 10.1 Å². The Bertz CT molecular complexity index is 882. The van der Waals surface area contributed by atoms with Gasteiger partial charge in [0.25, 0.3) is 0 Å². The quantitative estimate of drug-likeness (QED) is 0.752. The number of nitrogens with zero attached hydrogens (tertiary/aromatic N) is 3. The van der Waals surface area contributed by atoms with Crippen LogP contribution in [0.25, 0.3) is 10.1 Å². The molecule has 2 heterocycles. The second-order valence-corrected chi connectivity index (χ2v) is 7.90. The van der Waals surface area contributed by atoms with Gasteiger partial charge in [0.2, 0.25) is 0 Å². The molecule has 0 bridgehead atoms. The van der Waals surface area contributed by atoms with Gasteiger partial charge < -0.3 is 0 Å². The third-order valence-corrected chi connectivity index (χ3v) is 5.86. The van der Waals surface area contributed by atoms with Gasteiger partial charge >= 0.3 is 152 Å². The van der Waals surface area contributed by atoms with Crippen LogP contribution in [0.3, 0.4) is 0 Å². The molecule has 10 heteroatoms. The van der Waals surface area contributed by atoms with Crippen LogP contribution in [0.5, 0.6) is 0 Å². The Hall–Kier alpha value is -1.83.